The number of Topliss-reactive ketones (excluding diaryl/α,β-unsaturated/α-hetero) is 1. The number of aliphatic hydroxyl groups excluding tert-OH is 1. The van der Waals surface area contributed by atoms with Crippen molar-refractivity contribution in [3.05, 3.63) is 41.5 Å². The number of aliphatic hydroxyl groups is 1. The molecule has 2 saturated heterocycles. The van der Waals surface area contributed by atoms with Gasteiger partial charge in [0.05, 0.1) is 38.5 Å². The number of ketones is 1. The van der Waals surface area contributed by atoms with E-state index in [2.05, 4.69) is 22.0 Å². The Labute approximate surface area is 257 Å². The zero-order valence-electron chi connectivity index (χ0n) is 25.5. The topological polar surface area (TPSA) is 159 Å². The summed E-state index contributed by atoms with van der Waals surface area (Å²) in [6, 6.07) is 3.41. The number of carbonyl (C=O) groups excluding carboxylic acids is 4. The van der Waals surface area contributed by atoms with Gasteiger partial charge in [-0.1, -0.05) is 23.8 Å². The Morgan fingerprint density at radius 1 is 1.07 bits per heavy atom. The average Bonchev–Trinajstić information content (AvgIpc) is 3.93. The number of hydrogen-bond donors (Lipinski definition) is 4. The highest BCUT2D eigenvalue weighted by molar-refractivity contribution is 5.98. The Morgan fingerprint density at radius 3 is 2.39 bits per heavy atom. The van der Waals surface area contributed by atoms with Crippen LogP contribution in [0.3, 0.4) is 0 Å². The summed E-state index contributed by atoms with van der Waals surface area (Å²) in [5, 5.41) is 19.6. The lowest BCUT2D eigenvalue weighted by molar-refractivity contribution is -0.136. The molecular weight excluding hydrogens is 568 g/mol. The molecule has 1 saturated carbocycles. The minimum atomic E-state index is -1.45. The van der Waals surface area contributed by atoms with Crippen molar-refractivity contribution in [3.8, 4) is 5.75 Å². The minimum absolute atomic E-state index is 0.114. The van der Waals surface area contributed by atoms with E-state index < -0.39 is 41.6 Å². The Balaban J connectivity index is 1.29. The lowest BCUT2D eigenvalue weighted by atomic mass is 9.93. The van der Waals surface area contributed by atoms with Gasteiger partial charge < -0.3 is 35.3 Å². The SMILES string of the molecule is C[C@H](NC(=O)CN1CCOCC1)C(=O)N[C@H](C(=O)N[C@@H](CC1=CCCC1)C(=O)[C@@]1(C)CO1)[C@H](O)c1ccc(OC2CC2)cc1. The van der Waals surface area contributed by atoms with Crippen molar-refractivity contribution < 1.29 is 38.5 Å². The standard InChI is InChI=1S/C32H44N4O8/c1-20(33-26(37)18-36-13-15-42-16-14-36)30(40)35-27(28(38)22-7-9-23(10-8-22)44-24-11-12-24)31(41)34-25(17-21-5-3-4-6-21)29(39)32(2)19-43-32/h5,7-10,20,24-25,27-28,38H,3-4,6,11-19H2,1-2H3,(H,33,37)(H,34,41)(H,35,40)/t20-,25-,27-,28+,32+/m0/s1. The molecule has 2 heterocycles. The number of carbonyl (C=O) groups is 4. The maximum atomic E-state index is 13.8. The molecular formula is C32H44N4O8. The van der Waals surface area contributed by atoms with E-state index in [9.17, 15) is 24.3 Å². The first-order valence-corrected chi connectivity index (χ1v) is 15.6. The Hall–Kier alpha value is -3.32. The van der Waals surface area contributed by atoms with Crippen LogP contribution in [-0.4, -0.2) is 103 Å². The lowest BCUT2D eigenvalue weighted by Crippen LogP contribution is -2.58. The maximum Gasteiger partial charge on any atom is 0.246 e. The van der Waals surface area contributed by atoms with E-state index in [0.717, 1.165) is 37.7 Å². The number of rotatable bonds is 15. The number of morpholine rings is 1. The second-order valence-corrected chi connectivity index (χ2v) is 12.4. The molecule has 3 fully saturated rings. The number of nitrogens with zero attached hydrogens (tertiary/aromatic N) is 1. The van der Waals surface area contributed by atoms with Crippen LogP contribution in [0, 0.1) is 0 Å². The third-order valence-electron chi connectivity index (χ3n) is 8.52. The Morgan fingerprint density at radius 2 is 1.77 bits per heavy atom. The first-order valence-electron chi connectivity index (χ1n) is 15.6. The molecule has 0 aromatic heterocycles. The number of nitrogens with one attached hydrogen (secondary N) is 3. The van der Waals surface area contributed by atoms with Gasteiger partial charge >= 0.3 is 0 Å². The molecule has 4 N–H and O–H groups in total. The molecule has 240 valence electrons. The Kier molecular flexibility index (Phi) is 10.3. The van der Waals surface area contributed by atoms with Gasteiger partial charge in [0.2, 0.25) is 17.7 Å². The largest absolute Gasteiger partial charge is 0.490 e. The number of amides is 3. The molecule has 0 spiro atoms. The van der Waals surface area contributed by atoms with E-state index in [0.29, 0.717) is 44.0 Å². The smallest absolute Gasteiger partial charge is 0.246 e. The fraction of sp³-hybridized carbons (Fsp3) is 0.625. The summed E-state index contributed by atoms with van der Waals surface area (Å²) >= 11 is 0. The third-order valence-corrected chi connectivity index (χ3v) is 8.52. The number of benzene rings is 1. The van der Waals surface area contributed by atoms with E-state index in [1.807, 2.05) is 4.90 Å². The summed E-state index contributed by atoms with van der Waals surface area (Å²) in [5.74, 6) is -1.29. The van der Waals surface area contributed by atoms with Crippen molar-refractivity contribution in [1.29, 1.82) is 0 Å². The molecule has 0 unspecified atom stereocenters. The number of hydrogen-bond acceptors (Lipinski definition) is 9. The predicted octanol–water partition coefficient (Wildman–Crippen LogP) is 0.926. The van der Waals surface area contributed by atoms with Gasteiger partial charge in [-0.2, -0.15) is 0 Å². The molecule has 2 aliphatic heterocycles. The molecule has 5 atom stereocenters. The number of epoxide rings is 1. The van der Waals surface area contributed by atoms with Gasteiger partial charge in [-0.25, -0.2) is 0 Å². The number of allylic oxidation sites excluding steroid dienone is 1. The monoisotopic (exact) mass is 612 g/mol. The van der Waals surface area contributed by atoms with Crippen LogP contribution in [0.15, 0.2) is 35.9 Å². The van der Waals surface area contributed by atoms with E-state index >= 15 is 0 Å². The summed E-state index contributed by atoms with van der Waals surface area (Å²) in [6.45, 7) is 5.91. The van der Waals surface area contributed by atoms with Crippen molar-refractivity contribution >= 4 is 23.5 Å². The van der Waals surface area contributed by atoms with Gasteiger partial charge in [0, 0.05) is 13.1 Å². The van der Waals surface area contributed by atoms with Crippen LogP contribution in [0.5, 0.6) is 5.75 Å². The average molecular weight is 613 g/mol. The second-order valence-electron chi connectivity index (χ2n) is 12.4. The zero-order chi connectivity index (χ0) is 31.3. The first kappa shape index (κ1) is 32.1. The van der Waals surface area contributed by atoms with Crippen molar-refractivity contribution in [3.63, 3.8) is 0 Å². The normalized spacial score (nSPS) is 24.3. The highest BCUT2D eigenvalue weighted by Gasteiger charge is 2.50. The molecule has 0 bridgehead atoms. The summed E-state index contributed by atoms with van der Waals surface area (Å²) in [7, 11) is 0. The quantitative estimate of drug-likeness (QED) is 0.167. The second kappa shape index (κ2) is 14.2. The van der Waals surface area contributed by atoms with E-state index in [1.54, 1.807) is 31.2 Å². The van der Waals surface area contributed by atoms with Crippen molar-refractivity contribution in [2.75, 3.05) is 39.5 Å². The third kappa shape index (κ3) is 8.65. The lowest BCUT2D eigenvalue weighted by Gasteiger charge is -2.29. The summed E-state index contributed by atoms with van der Waals surface area (Å²) in [5.41, 5.74) is 0.499. The minimum Gasteiger partial charge on any atom is -0.490 e. The molecule has 4 aliphatic rings. The van der Waals surface area contributed by atoms with E-state index in [4.69, 9.17) is 14.2 Å². The highest BCUT2D eigenvalue weighted by atomic mass is 16.6. The summed E-state index contributed by atoms with van der Waals surface area (Å²) in [6.07, 6.45) is 5.93. The van der Waals surface area contributed by atoms with Crippen molar-refractivity contribution in [2.45, 2.75) is 88.3 Å². The van der Waals surface area contributed by atoms with Gasteiger partial charge in [-0.15, -0.1) is 0 Å². The molecule has 44 heavy (non-hydrogen) atoms. The van der Waals surface area contributed by atoms with Gasteiger partial charge in [-0.3, -0.25) is 24.1 Å². The van der Waals surface area contributed by atoms with Crippen LogP contribution in [-0.2, 0) is 28.7 Å². The molecule has 3 amide bonds. The summed E-state index contributed by atoms with van der Waals surface area (Å²) in [4.78, 5) is 55.1. The molecule has 1 aromatic carbocycles. The molecule has 12 nitrogen and oxygen atoms in total. The van der Waals surface area contributed by atoms with E-state index in [1.165, 1.54) is 6.92 Å². The maximum absolute atomic E-state index is 13.8. The predicted molar refractivity (Wildman–Crippen MR) is 160 cm³/mol. The van der Waals surface area contributed by atoms with Crippen LogP contribution in [0.1, 0.15) is 64.0 Å². The van der Waals surface area contributed by atoms with Crippen molar-refractivity contribution in [2.24, 2.45) is 0 Å². The highest BCUT2D eigenvalue weighted by Crippen LogP contribution is 2.32. The van der Waals surface area contributed by atoms with Crippen molar-refractivity contribution in [1.82, 2.24) is 20.9 Å². The molecule has 5 rings (SSSR count). The van der Waals surface area contributed by atoms with E-state index in [-0.39, 0.29) is 30.9 Å². The first-order chi connectivity index (χ1) is 21.1. The van der Waals surface area contributed by atoms with Crippen LogP contribution < -0.4 is 20.7 Å². The molecule has 2 aliphatic carbocycles. The van der Waals surface area contributed by atoms with Gasteiger partial charge in [0.15, 0.2) is 5.78 Å². The van der Waals surface area contributed by atoms with Gasteiger partial charge in [-0.05, 0) is 70.1 Å². The fourth-order valence-electron chi connectivity index (χ4n) is 5.47. The molecule has 12 heteroatoms. The van der Waals surface area contributed by atoms with Crippen LogP contribution in [0.2, 0.25) is 0 Å². The van der Waals surface area contributed by atoms with Crippen LogP contribution in [0.25, 0.3) is 0 Å². The zero-order valence-corrected chi connectivity index (χ0v) is 25.5. The van der Waals surface area contributed by atoms with Gasteiger partial charge in [0.1, 0.15) is 29.5 Å². The summed E-state index contributed by atoms with van der Waals surface area (Å²) < 4.78 is 16.5. The Bertz CT molecular complexity index is 1240. The van der Waals surface area contributed by atoms with Crippen LogP contribution in [0.4, 0.5) is 0 Å². The fourth-order valence-corrected chi connectivity index (χ4v) is 5.47. The van der Waals surface area contributed by atoms with Crippen LogP contribution >= 0.6 is 0 Å². The number of ether oxygens (including phenoxy) is 3. The van der Waals surface area contributed by atoms with Gasteiger partial charge in [0.25, 0.3) is 0 Å². The molecule has 0 radical (unpaired) electrons. The molecule has 1 aromatic rings.